The Morgan fingerprint density at radius 3 is 2.35 bits per heavy atom. The van der Waals surface area contributed by atoms with Crippen molar-refractivity contribution in [3.05, 3.63) is 89.6 Å². The van der Waals surface area contributed by atoms with Crippen LogP contribution in [0.5, 0.6) is 0 Å². The summed E-state index contributed by atoms with van der Waals surface area (Å²) in [4.78, 5) is 13.4. The number of ether oxygens (including phenoxy) is 1. The van der Waals surface area contributed by atoms with Gasteiger partial charge in [-0.1, -0.05) is 38.1 Å². The second-order valence-corrected chi connectivity index (χ2v) is 8.88. The maximum Gasteiger partial charge on any atom is 0.230 e. The van der Waals surface area contributed by atoms with E-state index in [0.29, 0.717) is 18.1 Å². The average Bonchev–Trinajstić information content (AvgIpc) is 2.83. The van der Waals surface area contributed by atoms with Crippen molar-refractivity contribution in [2.45, 2.75) is 32.6 Å². The Labute approximate surface area is 201 Å². The summed E-state index contributed by atoms with van der Waals surface area (Å²) in [6.07, 6.45) is 4.46. The third kappa shape index (κ3) is 7.34. The van der Waals surface area contributed by atoms with Crippen molar-refractivity contribution in [3.8, 4) is 0 Å². The highest BCUT2D eigenvalue weighted by Gasteiger charge is 2.33. The molecule has 182 valence electrons. The third-order valence-corrected chi connectivity index (χ3v) is 5.35. The Bertz CT molecular complexity index is 1170. The molecule has 3 aromatic rings. The van der Waals surface area contributed by atoms with Gasteiger partial charge in [0.05, 0.1) is 25.0 Å². The molecule has 3 rings (SSSR count). The number of methoxy groups -OCH3 is 1. The molecular weight excluding hydrogens is 455 g/mol. The maximum atomic E-state index is 13.7. The van der Waals surface area contributed by atoms with Gasteiger partial charge in [-0.05, 0) is 48.4 Å². The van der Waals surface area contributed by atoms with Gasteiger partial charge in [0.25, 0.3) is 0 Å². The summed E-state index contributed by atoms with van der Waals surface area (Å²) in [5.74, 6) is -0.585. The molecule has 1 aromatic carbocycles. The fourth-order valence-electron chi connectivity index (χ4n) is 3.56. The molecule has 0 saturated heterocycles. The lowest BCUT2D eigenvalue weighted by Gasteiger charge is -2.28. The average molecular weight is 487 g/mol. The second-order valence-electron chi connectivity index (χ2n) is 7.13. The van der Waals surface area contributed by atoms with E-state index in [-0.39, 0.29) is 11.6 Å². The molecule has 2 unspecified atom stereocenters. The van der Waals surface area contributed by atoms with Crippen LogP contribution in [0.15, 0.2) is 72.0 Å². The van der Waals surface area contributed by atoms with Crippen LogP contribution in [0.4, 0.5) is 10.2 Å². The zero-order valence-corrected chi connectivity index (χ0v) is 20.9. The number of aromatic nitrogens is 2. The molecule has 0 amide bonds. The largest absolute Gasteiger partial charge is 0.484 e. The van der Waals surface area contributed by atoms with Crippen LogP contribution in [0.3, 0.4) is 0 Å². The molecule has 0 aliphatic rings. The van der Waals surface area contributed by atoms with Crippen molar-refractivity contribution in [1.29, 1.82) is 0 Å². The molecule has 2 atom stereocenters. The zero-order valence-electron chi connectivity index (χ0n) is 20.1. The van der Waals surface area contributed by atoms with Gasteiger partial charge in [0.15, 0.2) is 5.90 Å². The highest BCUT2D eigenvalue weighted by atomic mass is 32.2. The van der Waals surface area contributed by atoms with Crippen molar-refractivity contribution < 1.29 is 17.5 Å². The topological polar surface area (TPSA) is 93.5 Å². The molecule has 34 heavy (non-hydrogen) atoms. The van der Waals surface area contributed by atoms with Crippen molar-refractivity contribution in [2.24, 2.45) is 4.99 Å². The van der Waals surface area contributed by atoms with Crippen LogP contribution in [0, 0.1) is 5.82 Å². The van der Waals surface area contributed by atoms with E-state index in [0.717, 1.165) is 17.4 Å². The van der Waals surface area contributed by atoms with Crippen molar-refractivity contribution in [3.63, 3.8) is 0 Å². The first-order chi connectivity index (χ1) is 16.3. The van der Waals surface area contributed by atoms with E-state index in [1.165, 1.54) is 12.1 Å². The Hall–Kier alpha value is -3.33. The molecule has 0 bridgehead atoms. The van der Waals surface area contributed by atoms with E-state index in [1.807, 2.05) is 32.9 Å². The first-order valence-corrected chi connectivity index (χ1v) is 12.9. The minimum absolute atomic E-state index is 0.188. The van der Waals surface area contributed by atoms with Gasteiger partial charge in [-0.3, -0.25) is 14.7 Å². The van der Waals surface area contributed by atoms with Crippen molar-refractivity contribution in [1.82, 2.24) is 9.97 Å². The summed E-state index contributed by atoms with van der Waals surface area (Å²) in [5, 5.41) is 0. The van der Waals surface area contributed by atoms with Crippen molar-refractivity contribution in [2.75, 3.05) is 24.6 Å². The molecule has 1 N–H and O–H groups in total. The molecule has 2 aromatic heterocycles. The lowest BCUT2D eigenvalue weighted by Crippen LogP contribution is -2.25. The number of nitrogens with one attached hydrogen (secondary N) is 1. The molecule has 9 heteroatoms. The maximum absolute atomic E-state index is 13.7. The summed E-state index contributed by atoms with van der Waals surface area (Å²) >= 11 is 0. The van der Waals surface area contributed by atoms with Crippen molar-refractivity contribution >= 4 is 21.7 Å². The smallest absolute Gasteiger partial charge is 0.230 e. The Morgan fingerprint density at radius 1 is 1.09 bits per heavy atom. The third-order valence-electron chi connectivity index (χ3n) is 4.77. The van der Waals surface area contributed by atoms with Gasteiger partial charge in [-0.2, -0.15) is 0 Å². The molecule has 7 nitrogen and oxygen atoms in total. The van der Waals surface area contributed by atoms with E-state index < -0.39 is 21.9 Å². The Kier molecular flexibility index (Phi) is 10.1. The highest BCUT2D eigenvalue weighted by Crippen LogP contribution is 2.39. The van der Waals surface area contributed by atoms with Crippen LogP contribution in [-0.4, -0.2) is 44.2 Å². The molecule has 0 spiro atoms. The second kappa shape index (κ2) is 12.8. The normalized spacial score (nSPS) is 13.3. The predicted octanol–water partition coefficient (Wildman–Crippen LogP) is 4.99. The zero-order chi connectivity index (χ0) is 25.1. The lowest BCUT2D eigenvalue weighted by atomic mass is 9.79. The van der Waals surface area contributed by atoms with E-state index in [2.05, 4.69) is 19.7 Å². The van der Waals surface area contributed by atoms with E-state index in [9.17, 15) is 12.8 Å². The summed E-state index contributed by atoms with van der Waals surface area (Å²) in [6.45, 7) is 6.40. The number of sulfonamides is 1. The first kappa shape index (κ1) is 26.9. The van der Waals surface area contributed by atoms with E-state index in [4.69, 9.17) is 4.74 Å². The molecule has 0 aliphatic carbocycles. The number of hydrogen-bond donors (Lipinski definition) is 1. The molecule has 0 radical (unpaired) electrons. The first-order valence-electron chi connectivity index (χ1n) is 11.0. The van der Waals surface area contributed by atoms with E-state index in [1.54, 1.807) is 49.8 Å². The van der Waals surface area contributed by atoms with Crippen LogP contribution >= 0.6 is 0 Å². The van der Waals surface area contributed by atoms with Crippen LogP contribution < -0.4 is 4.72 Å². The van der Waals surface area contributed by atoms with Gasteiger partial charge in [0.2, 0.25) is 10.0 Å². The van der Waals surface area contributed by atoms with Crippen LogP contribution in [0.1, 0.15) is 49.4 Å². The molecule has 0 aliphatic heterocycles. The summed E-state index contributed by atoms with van der Waals surface area (Å²) in [6, 6.07) is 14.9. The van der Waals surface area contributed by atoms with Gasteiger partial charge >= 0.3 is 0 Å². The summed E-state index contributed by atoms with van der Waals surface area (Å²) < 4.78 is 45.3. The standard InChI is InChI=1S/C23H25FN4O3S.C2H6/c1-4-26-23(31-2)22(17-7-6-14-25-15-17)21(16-10-12-18(24)13-11-16)19-8-5-9-20(27-19)28-32(3,29)30;1-2/h5-15,21-22H,4H2,1-3H3,(H,27,28);1-2H3. The molecule has 0 fully saturated rings. The number of aliphatic imine (C=N–C) groups is 1. The highest BCUT2D eigenvalue weighted by molar-refractivity contribution is 7.92. The number of pyridine rings is 2. The van der Waals surface area contributed by atoms with Gasteiger partial charge in [-0.15, -0.1) is 0 Å². The quantitative estimate of drug-likeness (QED) is 0.357. The van der Waals surface area contributed by atoms with Crippen LogP contribution in [-0.2, 0) is 14.8 Å². The fourth-order valence-corrected chi connectivity index (χ4v) is 4.05. The molecule has 2 heterocycles. The minimum Gasteiger partial charge on any atom is -0.484 e. The monoisotopic (exact) mass is 486 g/mol. The Morgan fingerprint density at radius 2 is 1.79 bits per heavy atom. The van der Waals surface area contributed by atoms with Gasteiger partial charge in [0.1, 0.15) is 11.6 Å². The number of hydrogen-bond acceptors (Lipinski definition) is 6. The minimum atomic E-state index is -3.51. The summed E-state index contributed by atoms with van der Waals surface area (Å²) in [5.41, 5.74) is 2.17. The number of nitrogens with zero attached hydrogens (tertiary/aromatic N) is 3. The fraction of sp³-hybridized carbons (Fsp3) is 0.320. The summed E-state index contributed by atoms with van der Waals surface area (Å²) in [7, 11) is -1.96. The predicted molar refractivity (Wildman–Crippen MR) is 134 cm³/mol. The molecule has 0 saturated carbocycles. The number of rotatable bonds is 8. The number of halogens is 1. The van der Waals surface area contributed by atoms with E-state index >= 15 is 0 Å². The van der Waals surface area contributed by atoms with Gasteiger partial charge in [-0.25, -0.2) is 17.8 Å². The SMILES string of the molecule is CC.CCN=C(OC)C(c1cccnc1)C(c1ccc(F)cc1)c1cccc(NS(C)(=O)=O)n1. The Balaban J connectivity index is 0.00000199. The molecular formula is C25H31FN4O3S. The van der Waals surface area contributed by atoms with Crippen LogP contribution in [0.25, 0.3) is 0 Å². The number of benzene rings is 1. The van der Waals surface area contributed by atoms with Crippen LogP contribution in [0.2, 0.25) is 0 Å². The van der Waals surface area contributed by atoms with Gasteiger partial charge in [0, 0.05) is 24.9 Å². The lowest BCUT2D eigenvalue weighted by molar-refractivity contribution is 0.373. The number of anilines is 1. The van der Waals surface area contributed by atoms with Gasteiger partial charge < -0.3 is 4.74 Å².